The lowest BCUT2D eigenvalue weighted by Gasteiger charge is -2.40. The molecule has 0 aromatic rings. The number of hydrogen-bond donors (Lipinski definition) is 0. The van der Waals surface area contributed by atoms with E-state index < -0.39 is 0 Å². The van der Waals surface area contributed by atoms with Crippen LogP contribution in [-0.4, -0.2) is 29.4 Å². The van der Waals surface area contributed by atoms with Crippen molar-refractivity contribution in [3.8, 4) is 0 Å². The predicted molar refractivity (Wildman–Crippen MR) is 78.7 cm³/mol. The smallest absolute Gasteiger partial charge is 0.0100 e. The molecule has 2 aliphatic carbocycles. The molecule has 0 N–H and O–H groups in total. The molecular weight excluding hydrogens is 274 g/mol. The number of hydrogen-bond acceptors (Lipinski definition) is 1. The molecule has 2 heteroatoms. The zero-order chi connectivity index (χ0) is 12.3. The van der Waals surface area contributed by atoms with Crippen molar-refractivity contribution < 1.29 is 0 Å². The molecule has 0 amide bonds. The van der Waals surface area contributed by atoms with Crippen LogP contribution in [0.4, 0.5) is 0 Å². The van der Waals surface area contributed by atoms with Crippen LogP contribution in [0.25, 0.3) is 0 Å². The SMILES string of the molecule is CC(C)CN(CC1(CBr)CCCCC1)C1CC1. The Bertz CT molecular complexity index is 229. The molecule has 0 aromatic carbocycles. The van der Waals surface area contributed by atoms with Crippen LogP contribution >= 0.6 is 15.9 Å². The summed E-state index contributed by atoms with van der Waals surface area (Å²) in [6.45, 7) is 7.37. The van der Waals surface area contributed by atoms with Gasteiger partial charge in [-0.1, -0.05) is 49.0 Å². The lowest BCUT2D eigenvalue weighted by molar-refractivity contribution is 0.111. The minimum Gasteiger partial charge on any atom is -0.300 e. The van der Waals surface area contributed by atoms with E-state index in [0.717, 1.165) is 12.0 Å². The molecule has 2 saturated carbocycles. The van der Waals surface area contributed by atoms with Crippen molar-refractivity contribution in [3.05, 3.63) is 0 Å². The van der Waals surface area contributed by atoms with Crippen molar-refractivity contribution in [2.45, 2.75) is 64.8 Å². The Morgan fingerprint density at radius 2 is 1.82 bits per heavy atom. The third kappa shape index (κ3) is 3.96. The van der Waals surface area contributed by atoms with Crippen molar-refractivity contribution in [1.82, 2.24) is 4.90 Å². The normalized spacial score (nSPS) is 24.5. The van der Waals surface area contributed by atoms with Gasteiger partial charge in [-0.25, -0.2) is 0 Å². The Kier molecular flexibility index (Phi) is 4.94. The highest BCUT2D eigenvalue weighted by atomic mass is 79.9. The van der Waals surface area contributed by atoms with Crippen molar-refractivity contribution in [2.24, 2.45) is 11.3 Å². The first-order valence-electron chi connectivity index (χ1n) is 7.45. The van der Waals surface area contributed by atoms with Crippen molar-refractivity contribution in [3.63, 3.8) is 0 Å². The first-order valence-corrected chi connectivity index (χ1v) is 8.57. The van der Waals surface area contributed by atoms with Gasteiger partial charge >= 0.3 is 0 Å². The first kappa shape index (κ1) is 13.9. The van der Waals surface area contributed by atoms with Gasteiger partial charge in [0.05, 0.1) is 0 Å². The molecule has 0 unspecified atom stereocenters. The third-order valence-electron chi connectivity index (χ3n) is 4.40. The summed E-state index contributed by atoms with van der Waals surface area (Å²) >= 11 is 3.81. The number of rotatable bonds is 6. The van der Waals surface area contributed by atoms with Gasteiger partial charge < -0.3 is 0 Å². The average Bonchev–Trinajstić information content (AvgIpc) is 3.13. The van der Waals surface area contributed by atoms with E-state index in [0.29, 0.717) is 5.41 Å². The summed E-state index contributed by atoms with van der Waals surface area (Å²) in [6, 6.07) is 0.926. The molecule has 0 aromatic heterocycles. The highest BCUT2D eigenvalue weighted by molar-refractivity contribution is 9.09. The minimum absolute atomic E-state index is 0.593. The number of nitrogens with zero attached hydrogens (tertiary/aromatic N) is 1. The highest BCUT2D eigenvalue weighted by Gasteiger charge is 2.37. The number of alkyl halides is 1. The van der Waals surface area contributed by atoms with E-state index in [1.807, 2.05) is 0 Å². The maximum absolute atomic E-state index is 3.81. The van der Waals surface area contributed by atoms with Crippen LogP contribution < -0.4 is 0 Å². The third-order valence-corrected chi connectivity index (χ3v) is 5.59. The molecule has 2 rings (SSSR count). The molecule has 2 fully saturated rings. The fourth-order valence-corrected chi connectivity index (χ4v) is 4.06. The second kappa shape index (κ2) is 6.06. The van der Waals surface area contributed by atoms with Crippen LogP contribution in [0.2, 0.25) is 0 Å². The molecular formula is C15H28BrN. The molecule has 0 atom stereocenters. The summed E-state index contributed by atoms with van der Waals surface area (Å²) in [7, 11) is 0. The van der Waals surface area contributed by atoms with Crippen LogP contribution in [0.5, 0.6) is 0 Å². The maximum atomic E-state index is 3.81. The van der Waals surface area contributed by atoms with E-state index in [9.17, 15) is 0 Å². The van der Waals surface area contributed by atoms with E-state index in [-0.39, 0.29) is 0 Å². The Balaban J connectivity index is 1.94. The molecule has 1 nitrogen and oxygen atoms in total. The van der Waals surface area contributed by atoms with E-state index in [4.69, 9.17) is 0 Å². The lowest BCUT2D eigenvalue weighted by Crippen LogP contribution is -2.43. The summed E-state index contributed by atoms with van der Waals surface area (Å²) in [4.78, 5) is 2.80. The molecule has 0 saturated heterocycles. The second-order valence-electron chi connectivity index (χ2n) is 6.75. The molecule has 2 aliphatic rings. The van der Waals surface area contributed by atoms with Gasteiger partial charge in [-0.15, -0.1) is 0 Å². The predicted octanol–water partition coefficient (Wildman–Crippen LogP) is 4.45. The molecule has 0 radical (unpaired) electrons. The van der Waals surface area contributed by atoms with Crippen LogP contribution in [0.15, 0.2) is 0 Å². The monoisotopic (exact) mass is 301 g/mol. The molecule has 17 heavy (non-hydrogen) atoms. The summed E-state index contributed by atoms with van der Waals surface area (Å²) < 4.78 is 0. The van der Waals surface area contributed by atoms with Crippen LogP contribution in [0, 0.1) is 11.3 Å². The van der Waals surface area contributed by atoms with E-state index in [2.05, 4.69) is 34.7 Å². The van der Waals surface area contributed by atoms with Crippen molar-refractivity contribution in [2.75, 3.05) is 18.4 Å². The summed E-state index contributed by atoms with van der Waals surface area (Å²) in [5.41, 5.74) is 0.593. The Labute approximate surface area is 115 Å². The Hall–Kier alpha value is 0.440. The first-order chi connectivity index (χ1) is 8.15. The fraction of sp³-hybridized carbons (Fsp3) is 1.00. The topological polar surface area (TPSA) is 3.24 Å². The molecule has 0 aliphatic heterocycles. The zero-order valence-electron chi connectivity index (χ0n) is 11.6. The van der Waals surface area contributed by atoms with Crippen LogP contribution in [-0.2, 0) is 0 Å². The van der Waals surface area contributed by atoms with Gasteiger partial charge in [0.15, 0.2) is 0 Å². The van der Waals surface area contributed by atoms with Gasteiger partial charge in [0.25, 0.3) is 0 Å². The Morgan fingerprint density at radius 3 is 2.29 bits per heavy atom. The molecule has 0 bridgehead atoms. The quantitative estimate of drug-likeness (QED) is 0.655. The Morgan fingerprint density at radius 1 is 1.18 bits per heavy atom. The minimum atomic E-state index is 0.593. The van der Waals surface area contributed by atoms with Gasteiger partial charge in [0, 0.05) is 24.5 Å². The van der Waals surface area contributed by atoms with E-state index in [1.165, 1.54) is 63.4 Å². The van der Waals surface area contributed by atoms with E-state index in [1.54, 1.807) is 0 Å². The molecule has 0 heterocycles. The van der Waals surface area contributed by atoms with Gasteiger partial charge in [0.1, 0.15) is 0 Å². The van der Waals surface area contributed by atoms with Gasteiger partial charge in [-0.3, -0.25) is 4.90 Å². The standard InChI is InChI=1S/C15H28BrN/c1-13(2)10-17(14-6-7-14)12-15(11-16)8-4-3-5-9-15/h13-14H,3-12H2,1-2H3. The van der Waals surface area contributed by atoms with Gasteiger partial charge in [-0.05, 0) is 37.0 Å². The zero-order valence-corrected chi connectivity index (χ0v) is 13.1. The van der Waals surface area contributed by atoms with Crippen LogP contribution in [0.3, 0.4) is 0 Å². The lowest BCUT2D eigenvalue weighted by atomic mass is 9.75. The largest absolute Gasteiger partial charge is 0.300 e. The summed E-state index contributed by atoms with van der Waals surface area (Å²) in [6.07, 6.45) is 10.1. The summed E-state index contributed by atoms with van der Waals surface area (Å²) in [5, 5.41) is 1.21. The van der Waals surface area contributed by atoms with E-state index >= 15 is 0 Å². The van der Waals surface area contributed by atoms with Crippen molar-refractivity contribution >= 4 is 15.9 Å². The molecule has 100 valence electrons. The van der Waals surface area contributed by atoms with Crippen LogP contribution in [0.1, 0.15) is 58.8 Å². The van der Waals surface area contributed by atoms with Crippen molar-refractivity contribution in [1.29, 1.82) is 0 Å². The maximum Gasteiger partial charge on any atom is 0.0100 e. The fourth-order valence-electron chi connectivity index (χ4n) is 3.32. The second-order valence-corrected chi connectivity index (χ2v) is 7.31. The highest BCUT2D eigenvalue weighted by Crippen LogP contribution is 2.41. The average molecular weight is 302 g/mol. The van der Waals surface area contributed by atoms with Gasteiger partial charge in [0.2, 0.25) is 0 Å². The summed E-state index contributed by atoms with van der Waals surface area (Å²) in [5.74, 6) is 0.812. The van der Waals surface area contributed by atoms with Gasteiger partial charge in [-0.2, -0.15) is 0 Å². The number of halogens is 1. The molecule has 0 spiro atoms.